The maximum atomic E-state index is 9.42. The highest BCUT2D eigenvalue weighted by molar-refractivity contribution is 5.55. The average molecular weight is 207 g/mol. The lowest BCUT2D eigenvalue weighted by Gasteiger charge is -2.12. The first kappa shape index (κ1) is 11.3. The van der Waals surface area contributed by atoms with Crippen LogP contribution in [-0.2, 0) is 0 Å². The third-order valence-corrected chi connectivity index (χ3v) is 2.10. The normalized spacial score (nSPS) is 11.7. The summed E-state index contributed by atoms with van der Waals surface area (Å²) >= 11 is 0. The second-order valence-corrected chi connectivity index (χ2v) is 3.09. The van der Waals surface area contributed by atoms with Crippen LogP contribution in [0, 0.1) is 11.3 Å². The van der Waals surface area contributed by atoms with Crippen LogP contribution in [0.25, 0.3) is 0 Å². The van der Waals surface area contributed by atoms with Crippen molar-refractivity contribution in [2.45, 2.75) is 13.0 Å². The Morgan fingerprint density at radius 3 is 2.40 bits per heavy atom. The second kappa shape index (κ2) is 4.67. The van der Waals surface area contributed by atoms with Gasteiger partial charge in [0.1, 0.15) is 6.07 Å². The van der Waals surface area contributed by atoms with Gasteiger partial charge in [0.05, 0.1) is 25.9 Å². The fraction of sp³-hybridized carbons (Fsp3) is 0.364. The molecule has 0 aromatic heterocycles. The largest absolute Gasteiger partial charge is 0.493 e. The minimum atomic E-state index is -0.642. The van der Waals surface area contributed by atoms with Crippen LogP contribution in [0.2, 0.25) is 0 Å². The zero-order valence-corrected chi connectivity index (χ0v) is 8.94. The minimum absolute atomic E-state index is 0.354. The maximum Gasteiger partial charge on any atom is 0.178 e. The Kier molecular flexibility index (Phi) is 3.53. The second-order valence-electron chi connectivity index (χ2n) is 3.09. The smallest absolute Gasteiger partial charge is 0.178 e. The number of hydrogen-bond donors (Lipinski definition) is 1. The SMILES string of the molecule is COc1cc(C(C)O)cc(C#N)c1OC. The molecule has 0 saturated carbocycles. The van der Waals surface area contributed by atoms with Gasteiger partial charge in [0.25, 0.3) is 0 Å². The quantitative estimate of drug-likeness (QED) is 0.818. The molecule has 80 valence electrons. The van der Waals surface area contributed by atoms with Gasteiger partial charge in [0.15, 0.2) is 11.5 Å². The highest BCUT2D eigenvalue weighted by atomic mass is 16.5. The average Bonchev–Trinajstić information content (AvgIpc) is 2.26. The monoisotopic (exact) mass is 207 g/mol. The van der Waals surface area contributed by atoms with Gasteiger partial charge in [-0.05, 0) is 24.6 Å². The number of hydrogen-bond acceptors (Lipinski definition) is 4. The van der Waals surface area contributed by atoms with Crippen LogP contribution < -0.4 is 9.47 Å². The molecule has 0 spiro atoms. The summed E-state index contributed by atoms with van der Waals surface area (Å²) in [4.78, 5) is 0. The molecule has 1 aromatic carbocycles. The molecule has 0 amide bonds. The molecule has 1 unspecified atom stereocenters. The fourth-order valence-corrected chi connectivity index (χ4v) is 1.31. The Bertz CT molecular complexity index is 394. The van der Waals surface area contributed by atoms with Crippen LogP contribution in [0.1, 0.15) is 24.2 Å². The number of aliphatic hydroxyl groups excluding tert-OH is 1. The topological polar surface area (TPSA) is 62.5 Å². The molecule has 1 aromatic rings. The molecular formula is C11H13NO3. The Hall–Kier alpha value is -1.73. The van der Waals surface area contributed by atoms with Crippen molar-refractivity contribution in [3.63, 3.8) is 0 Å². The van der Waals surface area contributed by atoms with Crippen LogP contribution >= 0.6 is 0 Å². The molecule has 0 bridgehead atoms. The highest BCUT2D eigenvalue weighted by Crippen LogP contribution is 2.33. The summed E-state index contributed by atoms with van der Waals surface area (Å²) in [5.74, 6) is 0.844. The van der Waals surface area contributed by atoms with E-state index in [4.69, 9.17) is 14.7 Å². The first-order chi connectivity index (χ1) is 7.13. The molecule has 15 heavy (non-hydrogen) atoms. The zero-order chi connectivity index (χ0) is 11.4. The van der Waals surface area contributed by atoms with Crippen LogP contribution in [0.5, 0.6) is 11.5 Å². The van der Waals surface area contributed by atoms with E-state index in [9.17, 15) is 5.11 Å². The van der Waals surface area contributed by atoms with Gasteiger partial charge in [0.2, 0.25) is 0 Å². The summed E-state index contributed by atoms with van der Waals surface area (Å²) in [5.41, 5.74) is 0.983. The maximum absolute atomic E-state index is 9.42. The van der Waals surface area contributed by atoms with E-state index in [-0.39, 0.29) is 0 Å². The molecule has 0 saturated heterocycles. The van der Waals surface area contributed by atoms with Crippen molar-refractivity contribution in [3.05, 3.63) is 23.3 Å². The summed E-state index contributed by atoms with van der Waals surface area (Å²) in [5, 5.41) is 18.3. The number of ether oxygens (including phenoxy) is 2. The molecule has 4 heteroatoms. The van der Waals surface area contributed by atoms with E-state index >= 15 is 0 Å². The van der Waals surface area contributed by atoms with E-state index in [1.54, 1.807) is 19.1 Å². The van der Waals surface area contributed by atoms with Gasteiger partial charge < -0.3 is 14.6 Å². The molecule has 0 aliphatic rings. The van der Waals surface area contributed by atoms with Gasteiger partial charge in [-0.1, -0.05) is 0 Å². The first-order valence-corrected chi connectivity index (χ1v) is 4.48. The predicted molar refractivity (Wildman–Crippen MR) is 54.9 cm³/mol. The van der Waals surface area contributed by atoms with Gasteiger partial charge in [0, 0.05) is 0 Å². The lowest BCUT2D eigenvalue weighted by Crippen LogP contribution is -1.98. The lowest BCUT2D eigenvalue weighted by molar-refractivity contribution is 0.198. The Morgan fingerprint density at radius 1 is 1.33 bits per heavy atom. The predicted octanol–water partition coefficient (Wildman–Crippen LogP) is 1.63. The van der Waals surface area contributed by atoms with E-state index in [1.165, 1.54) is 14.2 Å². The van der Waals surface area contributed by atoms with Crippen molar-refractivity contribution in [2.75, 3.05) is 14.2 Å². The molecule has 1 N–H and O–H groups in total. The standard InChI is InChI=1S/C11H13NO3/c1-7(13)8-4-9(6-12)11(15-3)10(5-8)14-2/h4-5,7,13H,1-3H3. The summed E-state index contributed by atoms with van der Waals surface area (Å²) in [7, 11) is 2.96. The van der Waals surface area contributed by atoms with Gasteiger partial charge in [-0.2, -0.15) is 5.26 Å². The third-order valence-electron chi connectivity index (χ3n) is 2.10. The number of methoxy groups -OCH3 is 2. The van der Waals surface area contributed by atoms with Crippen molar-refractivity contribution in [1.29, 1.82) is 5.26 Å². The van der Waals surface area contributed by atoms with E-state index in [2.05, 4.69) is 0 Å². The van der Waals surface area contributed by atoms with Gasteiger partial charge >= 0.3 is 0 Å². The van der Waals surface area contributed by atoms with Gasteiger partial charge in [-0.25, -0.2) is 0 Å². The number of aliphatic hydroxyl groups is 1. The molecule has 4 nitrogen and oxygen atoms in total. The lowest BCUT2D eigenvalue weighted by atomic mass is 10.1. The van der Waals surface area contributed by atoms with Gasteiger partial charge in [-0.15, -0.1) is 0 Å². The van der Waals surface area contributed by atoms with Crippen LogP contribution in [-0.4, -0.2) is 19.3 Å². The Morgan fingerprint density at radius 2 is 2.00 bits per heavy atom. The summed E-state index contributed by atoms with van der Waals surface area (Å²) in [6, 6.07) is 5.25. The molecule has 0 fully saturated rings. The Labute approximate surface area is 88.7 Å². The van der Waals surface area contributed by atoms with E-state index in [0.29, 0.717) is 22.6 Å². The molecule has 0 radical (unpaired) electrons. The van der Waals surface area contributed by atoms with Crippen LogP contribution in [0.15, 0.2) is 12.1 Å². The van der Waals surface area contributed by atoms with Crippen LogP contribution in [0.4, 0.5) is 0 Å². The zero-order valence-electron chi connectivity index (χ0n) is 8.94. The van der Waals surface area contributed by atoms with E-state index < -0.39 is 6.10 Å². The molecule has 1 atom stereocenters. The van der Waals surface area contributed by atoms with Crippen molar-refractivity contribution in [1.82, 2.24) is 0 Å². The molecule has 0 heterocycles. The third kappa shape index (κ3) is 2.20. The first-order valence-electron chi connectivity index (χ1n) is 4.48. The highest BCUT2D eigenvalue weighted by Gasteiger charge is 2.13. The molecule has 1 rings (SSSR count). The molecule has 0 aliphatic carbocycles. The van der Waals surface area contributed by atoms with Gasteiger partial charge in [-0.3, -0.25) is 0 Å². The fourth-order valence-electron chi connectivity index (χ4n) is 1.31. The minimum Gasteiger partial charge on any atom is -0.493 e. The molecule has 0 aliphatic heterocycles. The van der Waals surface area contributed by atoms with Crippen molar-refractivity contribution < 1.29 is 14.6 Å². The number of nitriles is 1. The Balaban J connectivity index is 3.37. The number of benzene rings is 1. The van der Waals surface area contributed by atoms with Crippen molar-refractivity contribution in [3.8, 4) is 17.6 Å². The summed E-state index contributed by atoms with van der Waals surface area (Å²) in [6.45, 7) is 1.63. The van der Waals surface area contributed by atoms with E-state index in [1.807, 2.05) is 6.07 Å². The van der Waals surface area contributed by atoms with Crippen molar-refractivity contribution in [2.24, 2.45) is 0 Å². The number of rotatable bonds is 3. The summed E-state index contributed by atoms with van der Waals surface area (Å²) in [6.07, 6.45) is -0.642. The van der Waals surface area contributed by atoms with Crippen molar-refractivity contribution >= 4 is 0 Å². The van der Waals surface area contributed by atoms with Crippen LogP contribution in [0.3, 0.4) is 0 Å². The summed E-state index contributed by atoms with van der Waals surface area (Å²) < 4.78 is 10.1. The van der Waals surface area contributed by atoms with E-state index in [0.717, 1.165) is 0 Å². The number of nitrogens with zero attached hydrogens (tertiary/aromatic N) is 1. The molecular weight excluding hydrogens is 194 g/mol.